The number of halogens is 1. The number of nitrogens with one attached hydrogen (secondary N) is 1. The van der Waals surface area contributed by atoms with Crippen LogP contribution in [0.2, 0.25) is 5.15 Å². The predicted octanol–water partition coefficient (Wildman–Crippen LogP) is 9.25. The number of anilines is 3. The number of rotatable bonds is 8. The summed E-state index contributed by atoms with van der Waals surface area (Å²) in [5.74, 6) is 0.614. The lowest BCUT2D eigenvalue weighted by atomic mass is 10.1. The lowest BCUT2D eigenvalue weighted by molar-refractivity contribution is 0.0985. The van der Waals surface area contributed by atoms with Gasteiger partial charge in [0.15, 0.2) is 0 Å². The van der Waals surface area contributed by atoms with E-state index in [9.17, 15) is 9.59 Å². The van der Waals surface area contributed by atoms with E-state index in [0.29, 0.717) is 16.3 Å². The van der Waals surface area contributed by atoms with Crippen LogP contribution in [0.15, 0.2) is 158 Å². The largest absolute Gasteiger partial charge is 0.363 e. The molecule has 3 N–H and O–H groups in total. The summed E-state index contributed by atoms with van der Waals surface area (Å²) >= 11 is 5.79. The molecule has 0 aliphatic rings. The number of hydrogen-bond donors (Lipinski definition) is 2. The van der Waals surface area contributed by atoms with Crippen molar-refractivity contribution in [2.24, 2.45) is 5.73 Å². The van der Waals surface area contributed by atoms with Gasteiger partial charge in [0.2, 0.25) is 0 Å². The zero-order valence-electron chi connectivity index (χ0n) is 29.2. The molecule has 0 unspecified atom stereocenters. The predicted molar refractivity (Wildman–Crippen MR) is 209 cm³/mol. The first-order valence-corrected chi connectivity index (χ1v) is 16.9. The molecule has 6 aromatic rings. The number of pyridine rings is 2. The van der Waals surface area contributed by atoms with E-state index in [1.54, 1.807) is 60.6 Å². The Morgan fingerprint density at radius 1 is 0.608 bits per heavy atom. The van der Waals surface area contributed by atoms with Gasteiger partial charge in [0, 0.05) is 67.1 Å². The van der Waals surface area contributed by atoms with Gasteiger partial charge in [-0.25, -0.2) is 9.97 Å². The Labute approximate surface area is 305 Å². The monoisotopic (exact) mass is 698 g/mol. The molecule has 9 heteroatoms. The van der Waals surface area contributed by atoms with E-state index in [0.717, 1.165) is 17.2 Å². The van der Waals surface area contributed by atoms with Gasteiger partial charge in [0.05, 0.1) is 0 Å². The van der Waals surface area contributed by atoms with Crippen LogP contribution in [0.25, 0.3) is 0 Å². The van der Waals surface area contributed by atoms with Gasteiger partial charge in [-0.3, -0.25) is 9.59 Å². The second-order valence-electron chi connectivity index (χ2n) is 11.7. The molecule has 0 bridgehead atoms. The van der Waals surface area contributed by atoms with Gasteiger partial charge < -0.3 is 20.9 Å². The van der Waals surface area contributed by atoms with Crippen molar-refractivity contribution in [3.05, 3.63) is 185 Å². The summed E-state index contributed by atoms with van der Waals surface area (Å²) in [7, 11) is 3.48. The Bertz CT molecular complexity index is 1940. The van der Waals surface area contributed by atoms with Crippen LogP contribution in [0.4, 0.5) is 17.2 Å². The molecule has 0 fully saturated rings. The fourth-order valence-electron chi connectivity index (χ4n) is 4.89. The lowest BCUT2D eigenvalue weighted by Gasteiger charge is -2.20. The standard InChI is InChI=1S/C21H21N3O.C13H11ClN2O.C8H11N/c1-16(17-9-5-3-6-10-17)23-20-15-19(13-14-22-20)24(2)21(25)18-11-7-4-8-12-18;1-16(11-7-8-15-12(14)9-11)13(17)10-5-3-2-4-6-10;1-7(9)8-5-3-2-4-6-8/h3-16H,1-2H3,(H,22,23);2-9H,1H3;2-7H,9H2,1H3/t16-;;7-/m0.0/s1. The zero-order valence-corrected chi connectivity index (χ0v) is 30.0. The molecule has 2 amide bonds. The molecule has 6 rings (SSSR count). The highest BCUT2D eigenvalue weighted by molar-refractivity contribution is 6.29. The first kappa shape index (κ1) is 38.0. The van der Waals surface area contributed by atoms with Crippen LogP contribution in [0.5, 0.6) is 0 Å². The van der Waals surface area contributed by atoms with Gasteiger partial charge in [0.1, 0.15) is 11.0 Å². The van der Waals surface area contributed by atoms with Crippen LogP contribution in [-0.2, 0) is 0 Å². The van der Waals surface area contributed by atoms with Gasteiger partial charge in [-0.15, -0.1) is 0 Å². The molecular weight excluding hydrogens is 656 g/mol. The number of nitrogens with two attached hydrogens (primary N) is 1. The van der Waals surface area contributed by atoms with Crippen molar-refractivity contribution in [2.45, 2.75) is 25.9 Å². The van der Waals surface area contributed by atoms with E-state index in [1.165, 1.54) is 11.1 Å². The normalized spacial score (nSPS) is 11.3. The molecule has 8 nitrogen and oxygen atoms in total. The van der Waals surface area contributed by atoms with Crippen LogP contribution < -0.4 is 20.9 Å². The highest BCUT2D eigenvalue weighted by Gasteiger charge is 2.15. The summed E-state index contributed by atoms with van der Waals surface area (Å²) in [6, 6.07) is 46.0. The summed E-state index contributed by atoms with van der Waals surface area (Å²) in [6.45, 7) is 4.07. The Hall–Kier alpha value is -5.83. The minimum absolute atomic E-state index is 0.0474. The zero-order chi connectivity index (χ0) is 36.6. The number of nitrogens with zero attached hydrogens (tertiary/aromatic N) is 4. The van der Waals surface area contributed by atoms with Crippen molar-refractivity contribution in [3.8, 4) is 0 Å². The van der Waals surface area contributed by atoms with Crippen LogP contribution in [0.3, 0.4) is 0 Å². The molecule has 0 saturated heterocycles. The summed E-state index contributed by atoms with van der Waals surface area (Å²) in [5.41, 5.74) is 10.8. The average Bonchev–Trinajstić information content (AvgIpc) is 3.18. The topological polar surface area (TPSA) is 104 Å². The minimum atomic E-state index is -0.0760. The summed E-state index contributed by atoms with van der Waals surface area (Å²) in [5, 5.41) is 3.75. The van der Waals surface area contributed by atoms with Gasteiger partial charge in [0.25, 0.3) is 11.8 Å². The number of carbonyl (C=O) groups is 2. The van der Waals surface area contributed by atoms with Crippen LogP contribution in [0, 0.1) is 0 Å². The third-order valence-electron chi connectivity index (χ3n) is 7.87. The van der Waals surface area contributed by atoms with Gasteiger partial charge in [-0.05, 0) is 67.4 Å². The molecule has 0 saturated carbocycles. The molecule has 0 spiro atoms. The van der Waals surface area contributed by atoms with Gasteiger partial charge in [-0.2, -0.15) is 0 Å². The Morgan fingerprint density at radius 2 is 1.02 bits per heavy atom. The fourth-order valence-corrected chi connectivity index (χ4v) is 5.06. The Kier molecular flexibility index (Phi) is 14.4. The maximum atomic E-state index is 12.6. The van der Waals surface area contributed by atoms with E-state index in [4.69, 9.17) is 17.3 Å². The minimum Gasteiger partial charge on any atom is -0.363 e. The summed E-state index contributed by atoms with van der Waals surface area (Å²) < 4.78 is 0. The molecule has 51 heavy (non-hydrogen) atoms. The smallest absolute Gasteiger partial charge is 0.258 e. The van der Waals surface area contributed by atoms with Crippen molar-refractivity contribution in [2.75, 3.05) is 29.2 Å². The van der Waals surface area contributed by atoms with E-state index in [2.05, 4.69) is 34.3 Å². The Balaban J connectivity index is 0.000000192. The van der Waals surface area contributed by atoms with Gasteiger partial charge in [-0.1, -0.05) is 109 Å². The molecular formula is C42H43ClN6O2. The summed E-state index contributed by atoms with van der Waals surface area (Å²) in [4.78, 5) is 36.1. The second kappa shape index (κ2) is 19.4. The van der Waals surface area contributed by atoms with E-state index < -0.39 is 0 Å². The first-order valence-electron chi connectivity index (χ1n) is 16.5. The fraction of sp³-hybridized carbons (Fsp3) is 0.143. The Morgan fingerprint density at radius 3 is 1.45 bits per heavy atom. The van der Waals surface area contributed by atoms with Gasteiger partial charge >= 0.3 is 0 Å². The summed E-state index contributed by atoms with van der Waals surface area (Å²) in [6.07, 6.45) is 3.29. The number of aromatic nitrogens is 2. The number of amides is 2. The molecule has 0 aliphatic carbocycles. The lowest BCUT2D eigenvalue weighted by Crippen LogP contribution is -2.26. The maximum Gasteiger partial charge on any atom is 0.258 e. The van der Waals surface area contributed by atoms with Crippen molar-refractivity contribution in [3.63, 3.8) is 0 Å². The van der Waals surface area contributed by atoms with E-state index in [1.807, 2.05) is 116 Å². The molecule has 2 atom stereocenters. The SMILES string of the molecule is CN(C(=O)c1ccccc1)c1ccnc(Cl)c1.C[C@H](N)c1ccccc1.C[C@H](Nc1cc(N(C)C(=O)c2ccccc2)ccn1)c1ccccc1. The highest BCUT2D eigenvalue weighted by atomic mass is 35.5. The van der Waals surface area contributed by atoms with Crippen LogP contribution in [-0.4, -0.2) is 35.9 Å². The van der Waals surface area contributed by atoms with Crippen molar-refractivity contribution in [1.29, 1.82) is 0 Å². The van der Waals surface area contributed by atoms with E-state index in [-0.39, 0.29) is 23.9 Å². The van der Waals surface area contributed by atoms with E-state index >= 15 is 0 Å². The van der Waals surface area contributed by atoms with Crippen LogP contribution in [0.1, 0.15) is 57.8 Å². The van der Waals surface area contributed by atoms with Crippen molar-refractivity contribution in [1.82, 2.24) is 9.97 Å². The molecule has 260 valence electrons. The quantitative estimate of drug-likeness (QED) is 0.154. The molecule has 4 aromatic carbocycles. The molecule has 0 aliphatic heterocycles. The van der Waals surface area contributed by atoms with Crippen molar-refractivity contribution >= 4 is 40.6 Å². The number of carbonyl (C=O) groups excluding carboxylic acids is 2. The average molecular weight is 699 g/mol. The molecule has 0 radical (unpaired) electrons. The number of hydrogen-bond acceptors (Lipinski definition) is 6. The first-order chi connectivity index (χ1) is 24.6. The van der Waals surface area contributed by atoms with Crippen molar-refractivity contribution < 1.29 is 9.59 Å². The third kappa shape index (κ3) is 11.6. The van der Waals surface area contributed by atoms with Crippen LogP contribution >= 0.6 is 11.6 Å². The molecule has 2 aromatic heterocycles. The third-order valence-corrected chi connectivity index (χ3v) is 8.08. The highest BCUT2D eigenvalue weighted by Crippen LogP contribution is 2.23. The second-order valence-corrected chi connectivity index (χ2v) is 12.1. The number of benzene rings is 4. The maximum absolute atomic E-state index is 12.6. The molecule has 2 heterocycles.